The number of aromatic nitrogens is 2. The van der Waals surface area contributed by atoms with Crippen LogP contribution in [0, 0.1) is 6.92 Å². The molecule has 0 aromatic carbocycles. The monoisotopic (exact) mass is 266 g/mol. The fourth-order valence-electron chi connectivity index (χ4n) is 2.67. The molecule has 0 saturated carbocycles. The minimum absolute atomic E-state index is 0.264. The fraction of sp³-hybridized carbons (Fsp3) is 0.786. The van der Waals surface area contributed by atoms with Crippen LogP contribution < -0.4 is 10.5 Å². The van der Waals surface area contributed by atoms with E-state index < -0.39 is 0 Å². The molecule has 1 aromatic rings. The molecule has 0 bridgehead atoms. The first-order chi connectivity index (χ1) is 9.00. The van der Waals surface area contributed by atoms with Gasteiger partial charge in [0.2, 0.25) is 5.88 Å². The maximum atomic E-state index is 6.04. The Morgan fingerprint density at radius 3 is 2.79 bits per heavy atom. The van der Waals surface area contributed by atoms with Crippen LogP contribution in [0.1, 0.15) is 44.8 Å². The second-order valence-corrected chi connectivity index (χ2v) is 5.76. The number of ether oxygens (including phenoxy) is 1. The Morgan fingerprint density at radius 1 is 1.47 bits per heavy atom. The molecule has 1 atom stereocenters. The van der Waals surface area contributed by atoms with Crippen LogP contribution in [0.5, 0.6) is 5.88 Å². The summed E-state index contributed by atoms with van der Waals surface area (Å²) in [5, 5.41) is 4.43. The van der Waals surface area contributed by atoms with E-state index in [1.165, 1.54) is 19.4 Å². The lowest BCUT2D eigenvalue weighted by atomic mass is 10.1. The van der Waals surface area contributed by atoms with Crippen molar-refractivity contribution in [1.82, 2.24) is 14.7 Å². The second-order valence-electron chi connectivity index (χ2n) is 5.76. The van der Waals surface area contributed by atoms with Gasteiger partial charge in [-0.1, -0.05) is 0 Å². The maximum absolute atomic E-state index is 6.04. The smallest absolute Gasteiger partial charge is 0.236 e. The van der Waals surface area contributed by atoms with E-state index in [1.54, 1.807) is 0 Å². The molecule has 1 saturated heterocycles. The van der Waals surface area contributed by atoms with E-state index in [1.807, 2.05) is 11.6 Å². The van der Waals surface area contributed by atoms with E-state index >= 15 is 0 Å². The summed E-state index contributed by atoms with van der Waals surface area (Å²) < 4.78 is 7.79. The largest absolute Gasteiger partial charge is 0.476 e. The molecule has 0 aliphatic carbocycles. The molecule has 5 heteroatoms. The summed E-state index contributed by atoms with van der Waals surface area (Å²) in [4.78, 5) is 2.41. The summed E-state index contributed by atoms with van der Waals surface area (Å²) in [5.74, 6) is 0.730. The highest BCUT2D eigenvalue weighted by Crippen LogP contribution is 2.28. The summed E-state index contributed by atoms with van der Waals surface area (Å²) in [6.45, 7) is 8.01. The van der Waals surface area contributed by atoms with E-state index in [-0.39, 0.29) is 6.04 Å². The van der Waals surface area contributed by atoms with E-state index in [0.29, 0.717) is 18.3 Å². The SMILES string of the molecule is Cc1nn(C(C)C)c(OCCC2CCCN2C)c1N. The van der Waals surface area contributed by atoms with Crippen molar-refractivity contribution in [3.8, 4) is 5.88 Å². The molecule has 1 aliphatic rings. The zero-order valence-corrected chi connectivity index (χ0v) is 12.5. The molecule has 1 fully saturated rings. The summed E-state index contributed by atoms with van der Waals surface area (Å²) >= 11 is 0. The molecule has 2 heterocycles. The first kappa shape index (κ1) is 14.2. The first-order valence-electron chi connectivity index (χ1n) is 7.18. The van der Waals surface area contributed by atoms with Gasteiger partial charge in [-0.15, -0.1) is 0 Å². The minimum atomic E-state index is 0.264. The number of hydrogen-bond donors (Lipinski definition) is 1. The lowest BCUT2D eigenvalue weighted by molar-refractivity contribution is 0.218. The Labute approximate surface area is 115 Å². The molecule has 2 N–H and O–H groups in total. The molecule has 1 aliphatic heterocycles. The third kappa shape index (κ3) is 3.03. The van der Waals surface area contributed by atoms with Crippen molar-refractivity contribution >= 4 is 5.69 Å². The van der Waals surface area contributed by atoms with Crippen LogP contribution in [0.2, 0.25) is 0 Å². The number of aryl methyl sites for hydroxylation is 1. The van der Waals surface area contributed by atoms with Crippen LogP contribution in [-0.2, 0) is 0 Å². The maximum Gasteiger partial charge on any atom is 0.236 e. The van der Waals surface area contributed by atoms with Crippen molar-refractivity contribution in [3.63, 3.8) is 0 Å². The van der Waals surface area contributed by atoms with Gasteiger partial charge in [-0.25, -0.2) is 4.68 Å². The summed E-state index contributed by atoms with van der Waals surface area (Å²) in [6, 6.07) is 0.915. The second kappa shape index (κ2) is 5.82. The minimum Gasteiger partial charge on any atom is -0.476 e. The number of rotatable bonds is 5. The summed E-state index contributed by atoms with van der Waals surface area (Å²) in [7, 11) is 2.19. The average Bonchev–Trinajstić information content (AvgIpc) is 2.88. The predicted octanol–water partition coefficient (Wildman–Crippen LogP) is 2.22. The summed E-state index contributed by atoms with van der Waals surface area (Å²) in [6.07, 6.45) is 3.63. The third-order valence-electron chi connectivity index (χ3n) is 3.94. The Morgan fingerprint density at radius 2 is 2.21 bits per heavy atom. The standard InChI is InChI=1S/C14H26N4O/c1-10(2)18-14(13(15)11(3)16-18)19-9-7-12-6-5-8-17(12)4/h10,12H,5-9,15H2,1-4H3. The molecule has 5 nitrogen and oxygen atoms in total. The van der Waals surface area contributed by atoms with Crippen molar-refractivity contribution in [2.45, 2.75) is 52.1 Å². The number of nitrogens with zero attached hydrogens (tertiary/aromatic N) is 3. The molecule has 2 rings (SSSR count). The lowest BCUT2D eigenvalue weighted by Crippen LogP contribution is -2.26. The Kier molecular flexibility index (Phi) is 4.34. The highest BCUT2D eigenvalue weighted by Gasteiger charge is 2.21. The van der Waals surface area contributed by atoms with Crippen molar-refractivity contribution < 1.29 is 4.74 Å². The number of nitrogens with two attached hydrogens (primary N) is 1. The van der Waals surface area contributed by atoms with Gasteiger partial charge in [-0.05, 0) is 53.6 Å². The van der Waals surface area contributed by atoms with E-state index in [0.717, 1.165) is 18.0 Å². The number of hydrogen-bond acceptors (Lipinski definition) is 4. The highest BCUT2D eigenvalue weighted by atomic mass is 16.5. The fourth-order valence-corrected chi connectivity index (χ4v) is 2.67. The van der Waals surface area contributed by atoms with Crippen molar-refractivity contribution in [1.29, 1.82) is 0 Å². The van der Waals surface area contributed by atoms with Crippen LogP contribution in [0.15, 0.2) is 0 Å². The van der Waals surface area contributed by atoms with E-state index in [2.05, 4.69) is 30.9 Å². The third-order valence-corrected chi connectivity index (χ3v) is 3.94. The van der Waals surface area contributed by atoms with Gasteiger partial charge >= 0.3 is 0 Å². The summed E-state index contributed by atoms with van der Waals surface area (Å²) in [5.41, 5.74) is 7.57. The average molecular weight is 266 g/mol. The Balaban J connectivity index is 1.95. The topological polar surface area (TPSA) is 56.3 Å². The van der Waals surface area contributed by atoms with Gasteiger partial charge in [-0.2, -0.15) is 5.10 Å². The lowest BCUT2D eigenvalue weighted by Gasteiger charge is -2.20. The van der Waals surface area contributed by atoms with Crippen LogP contribution in [0.25, 0.3) is 0 Å². The van der Waals surface area contributed by atoms with Gasteiger partial charge in [0.15, 0.2) is 0 Å². The van der Waals surface area contributed by atoms with Crippen LogP contribution >= 0.6 is 0 Å². The van der Waals surface area contributed by atoms with Crippen molar-refractivity contribution in [2.75, 3.05) is 25.9 Å². The van der Waals surface area contributed by atoms with Crippen molar-refractivity contribution in [2.24, 2.45) is 0 Å². The molecule has 1 aromatic heterocycles. The number of likely N-dealkylation sites (tertiary alicyclic amines) is 1. The van der Waals surface area contributed by atoms with Crippen molar-refractivity contribution in [3.05, 3.63) is 5.69 Å². The highest BCUT2D eigenvalue weighted by molar-refractivity contribution is 5.52. The van der Waals surface area contributed by atoms with Crippen LogP contribution in [0.3, 0.4) is 0 Å². The molecular formula is C14H26N4O. The van der Waals surface area contributed by atoms with E-state index in [4.69, 9.17) is 10.5 Å². The molecule has 108 valence electrons. The van der Waals surface area contributed by atoms with E-state index in [9.17, 15) is 0 Å². The quantitative estimate of drug-likeness (QED) is 0.888. The molecule has 0 spiro atoms. The van der Waals surface area contributed by atoms with Gasteiger partial charge in [0.1, 0.15) is 5.69 Å². The zero-order chi connectivity index (χ0) is 14.0. The Bertz CT molecular complexity index is 427. The zero-order valence-electron chi connectivity index (χ0n) is 12.5. The molecule has 1 unspecified atom stereocenters. The Hall–Kier alpha value is -1.23. The predicted molar refractivity (Wildman–Crippen MR) is 77.5 cm³/mol. The van der Waals surface area contributed by atoms with Crippen LogP contribution in [-0.4, -0.2) is 40.9 Å². The number of anilines is 1. The number of nitrogen functional groups attached to an aromatic ring is 1. The van der Waals surface area contributed by atoms with Gasteiger partial charge in [0, 0.05) is 6.04 Å². The normalized spacial score (nSPS) is 20.4. The van der Waals surface area contributed by atoms with Crippen LogP contribution in [0.4, 0.5) is 5.69 Å². The molecule has 19 heavy (non-hydrogen) atoms. The van der Waals surface area contributed by atoms with Gasteiger partial charge in [0.05, 0.1) is 18.3 Å². The first-order valence-corrected chi connectivity index (χ1v) is 7.18. The molecular weight excluding hydrogens is 240 g/mol. The molecule has 0 radical (unpaired) electrons. The van der Waals surface area contributed by atoms with Gasteiger partial charge in [0.25, 0.3) is 0 Å². The molecule has 0 amide bonds. The van der Waals surface area contributed by atoms with Gasteiger partial charge in [-0.3, -0.25) is 0 Å². The van der Waals surface area contributed by atoms with Gasteiger partial charge < -0.3 is 15.4 Å².